The van der Waals surface area contributed by atoms with Crippen LogP contribution in [0, 0.1) is 5.41 Å². The van der Waals surface area contributed by atoms with E-state index in [9.17, 15) is 27.6 Å². The van der Waals surface area contributed by atoms with Gasteiger partial charge in [-0.1, -0.05) is 39.0 Å². The zero-order chi connectivity index (χ0) is 25.3. The van der Waals surface area contributed by atoms with Crippen molar-refractivity contribution in [2.75, 3.05) is 0 Å². The molecule has 0 bridgehead atoms. The Kier molecular flexibility index (Phi) is 6.67. The number of carbonyl (C=O) groups is 3. The van der Waals surface area contributed by atoms with E-state index in [1.807, 2.05) is 0 Å². The largest absolute Gasteiger partial charge is 0.573 e. The lowest BCUT2D eigenvalue weighted by molar-refractivity contribution is -0.274. The van der Waals surface area contributed by atoms with Gasteiger partial charge in [0.05, 0.1) is 5.52 Å². The first kappa shape index (κ1) is 24.7. The molecule has 3 rings (SSSR count). The van der Waals surface area contributed by atoms with Gasteiger partial charge >= 0.3 is 6.36 Å². The summed E-state index contributed by atoms with van der Waals surface area (Å²) >= 11 is 0. The van der Waals surface area contributed by atoms with Crippen LogP contribution in [-0.4, -0.2) is 39.8 Å². The maximum absolute atomic E-state index is 13.0. The minimum atomic E-state index is -4.84. The van der Waals surface area contributed by atoms with Gasteiger partial charge in [0.15, 0.2) is 11.5 Å². The number of hydrogen-bond acceptors (Lipinski definition) is 5. The Hall–Kier alpha value is -3.89. The van der Waals surface area contributed by atoms with E-state index in [1.54, 1.807) is 45.0 Å². The Morgan fingerprint density at radius 3 is 2.24 bits per heavy atom. The Balaban J connectivity index is 1.86. The number of ketones is 1. The topological polar surface area (TPSA) is 116 Å². The SMILES string of the molecule is CC(C)(C)[C@H](NC(=O)c1nn(CC(=O)c2ccc(OC(F)(F)F)cc2)c2ccccc12)C(N)=O. The van der Waals surface area contributed by atoms with Gasteiger partial charge in [0.2, 0.25) is 5.91 Å². The van der Waals surface area contributed by atoms with Crippen LogP contribution in [0.5, 0.6) is 5.75 Å². The molecule has 34 heavy (non-hydrogen) atoms. The summed E-state index contributed by atoms with van der Waals surface area (Å²) in [6.45, 7) is 4.99. The molecule has 0 unspecified atom stereocenters. The molecule has 0 saturated carbocycles. The fraction of sp³-hybridized carbons (Fsp3) is 0.304. The summed E-state index contributed by atoms with van der Waals surface area (Å²) < 4.78 is 42.1. The van der Waals surface area contributed by atoms with E-state index >= 15 is 0 Å². The predicted octanol–water partition coefficient (Wildman–Crippen LogP) is 3.45. The van der Waals surface area contributed by atoms with E-state index < -0.39 is 41.2 Å². The molecule has 0 spiro atoms. The maximum Gasteiger partial charge on any atom is 0.573 e. The molecule has 0 radical (unpaired) electrons. The average Bonchev–Trinajstić information content (AvgIpc) is 3.08. The minimum Gasteiger partial charge on any atom is -0.406 e. The summed E-state index contributed by atoms with van der Waals surface area (Å²) in [4.78, 5) is 37.6. The molecule has 11 heteroatoms. The number of primary amides is 1. The number of aromatic nitrogens is 2. The van der Waals surface area contributed by atoms with Crippen molar-refractivity contribution in [2.45, 2.75) is 39.7 Å². The second kappa shape index (κ2) is 9.16. The number of alkyl halides is 3. The zero-order valence-corrected chi connectivity index (χ0v) is 18.6. The molecule has 0 aliphatic carbocycles. The van der Waals surface area contributed by atoms with Gasteiger partial charge < -0.3 is 15.8 Å². The number of amides is 2. The van der Waals surface area contributed by atoms with Gasteiger partial charge in [0, 0.05) is 10.9 Å². The van der Waals surface area contributed by atoms with E-state index in [1.165, 1.54) is 16.8 Å². The standard InChI is InChI=1S/C23H23F3N4O4/c1-22(2,3)19(20(27)32)28-21(33)18-15-6-4-5-7-16(15)30(29-18)12-17(31)13-8-10-14(11-9-13)34-23(24,25)26/h4-11,19H,12H2,1-3H3,(H2,27,32)(H,28,33)/t19-/m1/s1. The molecule has 2 amide bonds. The van der Waals surface area contributed by atoms with Gasteiger partial charge in [-0.15, -0.1) is 13.2 Å². The second-order valence-electron chi connectivity index (χ2n) is 8.69. The lowest BCUT2D eigenvalue weighted by atomic mass is 9.86. The summed E-state index contributed by atoms with van der Waals surface area (Å²) in [5.74, 6) is -2.22. The fourth-order valence-electron chi connectivity index (χ4n) is 3.40. The highest BCUT2D eigenvalue weighted by molar-refractivity contribution is 6.06. The van der Waals surface area contributed by atoms with Crippen LogP contribution < -0.4 is 15.8 Å². The number of halogens is 3. The van der Waals surface area contributed by atoms with E-state index in [4.69, 9.17) is 5.73 Å². The summed E-state index contributed by atoms with van der Waals surface area (Å²) in [6, 6.07) is 10.3. The molecule has 180 valence electrons. The number of ether oxygens (including phenoxy) is 1. The Bertz CT molecular complexity index is 1230. The minimum absolute atomic E-state index is 0.00725. The smallest absolute Gasteiger partial charge is 0.406 e. The van der Waals surface area contributed by atoms with Crippen molar-refractivity contribution in [2.24, 2.45) is 11.1 Å². The summed E-state index contributed by atoms with van der Waals surface area (Å²) in [7, 11) is 0. The highest BCUT2D eigenvalue weighted by atomic mass is 19.4. The number of nitrogens with two attached hydrogens (primary N) is 1. The van der Waals surface area contributed by atoms with E-state index in [0.717, 1.165) is 12.1 Å². The van der Waals surface area contributed by atoms with Crippen LogP contribution in [0.4, 0.5) is 13.2 Å². The molecule has 1 atom stereocenters. The number of rotatable bonds is 7. The third-order valence-corrected chi connectivity index (χ3v) is 5.00. The van der Waals surface area contributed by atoms with Crippen molar-refractivity contribution < 1.29 is 32.3 Å². The van der Waals surface area contributed by atoms with Gasteiger partial charge in [0.25, 0.3) is 5.91 Å². The van der Waals surface area contributed by atoms with Crippen LogP contribution in [-0.2, 0) is 11.3 Å². The molecule has 2 aromatic carbocycles. The van der Waals surface area contributed by atoms with Crippen LogP contribution in [0.15, 0.2) is 48.5 Å². The highest BCUT2D eigenvalue weighted by Crippen LogP contribution is 2.24. The van der Waals surface area contributed by atoms with Gasteiger partial charge in [0.1, 0.15) is 18.3 Å². The van der Waals surface area contributed by atoms with Crippen molar-refractivity contribution in [3.63, 3.8) is 0 Å². The summed E-state index contributed by atoms with van der Waals surface area (Å²) in [5, 5.41) is 7.34. The monoisotopic (exact) mass is 476 g/mol. The van der Waals surface area contributed by atoms with Crippen LogP contribution in [0.1, 0.15) is 41.6 Å². The lowest BCUT2D eigenvalue weighted by Crippen LogP contribution is -2.52. The quantitative estimate of drug-likeness (QED) is 0.507. The third-order valence-electron chi connectivity index (χ3n) is 5.00. The van der Waals surface area contributed by atoms with Gasteiger partial charge in [-0.2, -0.15) is 5.10 Å². The van der Waals surface area contributed by atoms with Crippen LogP contribution in [0.2, 0.25) is 0 Å². The molecular formula is C23H23F3N4O4. The number of benzene rings is 2. The molecule has 1 heterocycles. The number of nitrogens with one attached hydrogen (secondary N) is 1. The Morgan fingerprint density at radius 2 is 1.68 bits per heavy atom. The number of nitrogens with zero attached hydrogens (tertiary/aromatic N) is 2. The van der Waals surface area contributed by atoms with Crippen LogP contribution in [0.3, 0.4) is 0 Å². The third kappa shape index (κ3) is 5.72. The predicted molar refractivity (Wildman–Crippen MR) is 117 cm³/mol. The molecule has 3 N–H and O–H groups in total. The molecule has 3 aromatic rings. The van der Waals surface area contributed by atoms with E-state index in [-0.39, 0.29) is 17.8 Å². The van der Waals surface area contributed by atoms with Gasteiger partial charge in [-0.05, 0) is 35.7 Å². The fourth-order valence-corrected chi connectivity index (χ4v) is 3.40. The van der Waals surface area contributed by atoms with Crippen molar-refractivity contribution in [1.82, 2.24) is 15.1 Å². The first-order chi connectivity index (χ1) is 15.8. The normalized spacial score (nSPS) is 12.9. The summed E-state index contributed by atoms with van der Waals surface area (Å²) in [6.07, 6.45) is -4.84. The number of fused-ring (bicyclic) bond motifs is 1. The maximum atomic E-state index is 13.0. The first-order valence-electron chi connectivity index (χ1n) is 10.2. The molecular weight excluding hydrogens is 453 g/mol. The molecule has 0 aliphatic rings. The number of Topliss-reactive ketones (excluding diaryl/α,β-unsaturated/α-hetero) is 1. The van der Waals surface area contributed by atoms with Gasteiger partial charge in [-0.25, -0.2) is 0 Å². The van der Waals surface area contributed by atoms with Crippen molar-refractivity contribution >= 4 is 28.5 Å². The van der Waals surface area contributed by atoms with Crippen LogP contribution in [0.25, 0.3) is 10.9 Å². The van der Waals surface area contributed by atoms with Crippen molar-refractivity contribution in [3.05, 3.63) is 59.8 Å². The number of para-hydroxylation sites is 1. The second-order valence-corrected chi connectivity index (χ2v) is 8.69. The summed E-state index contributed by atoms with van der Waals surface area (Å²) in [5.41, 5.74) is 5.44. The first-order valence-corrected chi connectivity index (χ1v) is 10.2. The average molecular weight is 476 g/mol. The molecule has 0 aliphatic heterocycles. The van der Waals surface area contributed by atoms with E-state index in [0.29, 0.717) is 10.9 Å². The van der Waals surface area contributed by atoms with Crippen LogP contribution >= 0.6 is 0 Å². The Labute approximate surface area is 192 Å². The molecule has 1 aromatic heterocycles. The van der Waals surface area contributed by atoms with E-state index in [2.05, 4.69) is 15.2 Å². The number of hydrogen-bond donors (Lipinski definition) is 2. The van der Waals surface area contributed by atoms with Crippen molar-refractivity contribution in [1.29, 1.82) is 0 Å². The number of carbonyl (C=O) groups excluding carboxylic acids is 3. The molecule has 8 nitrogen and oxygen atoms in total. The van der Waals surface area contributed by atoms with Crippen molar-refractivity contribution in [3.8, 4) is 5.75 Å². The lowest BCUT2D eigenvalue weighted by Gasteiger charge is -2.28. The Morgan fingerprint density at radius 1 is 1.06 bits per heavy atom. The molecule has 0 saturated heterocycles. The zero-order valence-electron chi connectivity index (χ0n) is 18.6. The molecule has 0 fully saturated rings. The highest BCUT2D eigenvalue weighted by Gasteiger charge is 2.33. The van der Waals surface area contributed by atoms with Gasteiger partial charge in [-0.3, -0.25) is 19.1 Å².